The first-order valence-electron chi connectivity index (χ1n) is 9.78. The van der Waals surface area contributed by atoms with Crippen LogP contribution >= 0.6 is 0 Å². The van der Waals surface area contributed by atoms with E-state index in [0.29, 0.717) is 22.9 Å². The Hall–Kier alpha value is -3.76. The zero-order valence-electron chi connectivity index (χ0n) is 17.8. The van der Waals surface area contributed by atoms with Gasteiger partial charge in [-0.3, -0.25) is 9.59 Å². The topological polar surface area (TPSA) is 60.3 Å². The Morgan fingerprint density at radius 2 is 1.56 bits per heavy atom. The van der Waals surface area contributed by atoms with Gasteiger partial charge in [-0.05, 0) is 36.8 Å². The van der Waals surface area contributed by atoms with Crippen LogP contribution < -0.4 is 15.6 Å². The van der Waals surface area contributed by atoms with E-state index in [9.17, 15) is 35.9 Å². The van der Waals surface area contributed by atoms with E-state index in [-0.39, 0.29) is 22.6 Å². The second-order valence-corrected chi connectivity index (χ2v) is 7.30. The Morgan fingerprint density at radius 3 is 2.12 bits per heavy atom. The first-order valence-corrected chi connectivity index (χ1v) is 9.78. The van der Waals surface area contributed by atoms with Crippen molar-refractivity contribution in [2.24, 2.45) is 0 Å². The number of rotatable bonds is 5. The van der Waals surface area contributed by atoms with Gasteiger partial charge in [0, 0.05) is 11.8 Å². The van der Waals surface area contributed by atoms with Gasteiger partial charge in [-0.25, -0.2) is 0 Å². The highest BCUT2D eigenvalue weighted by Gasteiger charge is 2.34. The largest absolute Gasteiger partial charge is 0.495 e. The van der Waals surface area contributed by atoms with E-state index in [1.54, 1.807) is 6.07 Å². The SMILES string of the molecule is COc1ccc(C(F)(F)F)cc1NC(=O)C(C)n1cc(C(F)(F)F)cc(-c2ccccc2)c1=O. The zero-order valence-corrected chi connectivity index (χ0v) is 17.8. The Kier molecular flexibility index (Phi) is 6.76. The number of hydrogen-bond acceptors (Lipinski definition) is 3. The molecule has 1 N–H and O–H groups in total. The lowest BCUT2D eigenvalue weighted by molar-refractivity contribution is -0.138. The molecule has 0 aliphatic carbocycles. The number of alkyl halides is 6. The van der Waals surface area contributed by atoms with Gasteiger partial charge < -0.3 is 14.6 Å². The molecule has 0 saturated heterocycles. The average Bonchev–Trinajstić information content (AvgIpc) is 2.77. The lowest BCUT2D eigenvalue weighted by atomic mass is 10.0. The molecule has 0 aliphatic rings. The Labute approximate surface area is 189 Å². The minimum absolute atomic E-state index is 0.102. The predicted octanol–water partition coefficient (Wildman–Crippen LogP) is 5.76. The first-order chi connectivity index (χ1) is 15.8. The number of halogens is 6. The number of benzene rings is 2. The molecule has 1 heterocycles. The van der Waals surface area contributed by atoms with E-state index >= 15 is 0 Å². The third-order valence-electron chi connectivity index (χ3n) is 5.04. The molecular weight excluding hydrogens is 466 g/mol. The molecule has 0 saturated carbocycles. The molecule has 2 aromatic carbocycles. The number of ether oxygens (including phenoxy) is 1. The molecule has 1 amide bonds. The fourth-order valence-corrected chi connectivity index (χ4v) is 3.21. The second-order valence-electron chi connectivity index (χ2n) is 7.30. The van der Waals surface area contributed by atoms with Crippen LogP contribution in [-0.2, 0) is 17.1 Å². The third kappa shape index (κ3) is 5.24. The smallest absolute Gasteiger partial charge is 0.417 e. The number of amides is 1. The summed E-state index contributed by atoms with van der Waals surface area (Å²) >= 11 is 0. The van der Waals surface area contributed by atoms with Gasteiger partial charge in [0.1, 0.15) is 11.8 Å². The van der Waals surface area contributed by atoms with Gasteiger partial charge in [-0.1, -0.05) is 30.3 Å². The molecule has 34 heavy (non-hydrogen) atoms. The van der Waals surface area contributed by atoms with Crippen LogP contribution in [0.2, 0.25) is 0 Å². The molecule has 3 rings (SSSR count). The maximum absolute atomic E-state index is 13.5. The predicted molar refractivity (Wildman–Crippen MR) is 112 cm³/mol. The van der Waals surface area contributed by atoms with Crippen LogP contribution in [0.15, 0.2) is 65.6 Å². The molecule has 1 atom stereocenters. The summed E-state index contributed by atoms with van der Waals surface area (Å²) in [4.78, 5) is 25.8. The number of carbonyl (C=O) groups is 1. The lowest BCUT2D eigenvalue weighted by Gasteiger charge is -2.20. The van der Waals surface area contributed by atoms with Crippen LogP contribution in [0.25, 0.3) is 11.1 Å². The van der Waals surface area contributed by atoms with Gasteiger partial charge in [0.05, 0.1) is 23.9 Å². The molecule has 0 fully saturated rings. The van der Waals surface area contributed by atoms with Crippen LogP contribution in [0.1, 0.15) is 24.1 Å². The highest BCUT2D eigenvalue weighted by molar-refractivity contribution is 5.95. The van der Waals surface area contributed by atoms with Crippen LogP contribution in [0, 0.1) is 0 Å². The highest BCUT2D eigenvalue weighted by atomic mass is 19.4. The van der Waals surface area contributed by atoms with Crippen LogP contribution in [-0.4, -0.2) is 17.6 Å². The molecule has 0 spiro atoms. The number of nitrogens with one attached hydrogen (secondary N) is 1. The quantitative estimate of drug-likeness (QED) is 0.469. The van der Waals surface area contributed by atoms with Crippen molar-refractivity contribution >= 4 is 11.6 Å². The van der Waals surface area contributed by atoms with Crippen molar-refractivity contribution in [1.82, 2.24) is 4.57 Å². The fourth-order valence-electron chi connectivity index (χ4n) is 3.21. The van der Waals surface area contributed by atoms with Crippen molar-refractivity contribution < 1.29 is 35.9 Å². The Morgan fingerprint density at radius 1 is 0.941 bits per heavy atom. The van der Waals surface area contributed by atoms with E-state index in [1.807, 2.05) is 0 Å². The van der Waals surface area contributed by atoms with Gasteiger partial charge in [0.15, 0.2) is 0 Å². The van der Waals surface area contributed by atoms with Crippen molar-refractivity contribution in [3.05, 3.63) is 82.3 Å². The number of carbonyl (C=O) groups excluding carboxylic acids is 1. The summed E-state index contributed by atoms with van der Waals surface area (Å²) in [5, 5.41) is 2.21. The van der Waals surface area contributed by atoms with Gasteiger partial charge in [0.25, 0.3) is 5.56 Å². The van der Waals surface area contributed by atoms with E-state index in [0.717, 1.165) is 19.1 Å². The monoisotopic (exact) mass is 484 g/mol. The summed E-state index contributed by atoms with van der Waals surface area (Å²) in [6, 6.07) is 9.14. The maximum atomic E-state index is 13.5. The number of methoxy groups -OCH3 is 1. The van der Waals surface area contributed by atoms with Crippen LogP contribution in [0.5, 0.6) is 5.75 Å². The van der Waals surface area contributed by atoms with Crippen LogP contribution in [0.4, 0.5) is 32.0 Å². The summed E-state index contributed by atoms with van der Waals surface area (Å²) in [6.45, 7) is 1.16. The van der Waals surface area contributed by atoms with E-state index < -0.39 is 41.0 Å². The molecule has 0 aliphatic heterocycles. The number of nitrogens with zero attached hydrogens (tertiary/aromatic N) is 1. The Bertz CT molecular complexity index is 1250. The van der Waals surface area contributed by atoms with E-state index in [1.165, 1.54) is 31.4 Å². The van der Waals surface area contributed by atoms with Gasteiger partial charge in [0.2, 0.25) is 5.91 Å². The van der Waals surface area contributed by atoms with Crippen molar-refractivity contribution in [3.63, 3.8) is 0 Å². The number of pyridine rings is 1. The average molecular weight is 484 g/mol. The van der Waals surface area contributed by atoms with Crippen molar-refractivity contribution in [2.45, 2.75) is 25.3 Å². The molecule has 1 unspecified atom stereocenters. The van der Waals surface area contributed by atoms with E-state index in [2.05, 4.69) is 5.32 Å². The summed E-state index contributed by atoms with van der Waals surface area (Å²) in [6.07, 6.45) is -9.03. The second kappa shape index (κ2) is 9.24. The molecule has 180 valence electrons. The number of hydrogen-bond donors (Lipinski definition) is 1. The summed E-state index contributed by atoms with van der Waals surface area (Å²) in [7, 11) is 1.17. The number of anilines is 1. The minimum Gasteiger partial charge on any atom is -0.495 e. The van der Waals surface area contributed by atoms with Gasteiger partial charge in [-0.2, -0.15) is 26.3 Å². The minimum atomic E-state index is -4.82. The third-order valence-corrected chi connectivity index (χ3v) is 5.04. The molecule has 11 heteroatoms. The molecule has 5 nitrogen and oxygen atoms in total. The van der Waals surface area contributed by atoms with Crippen LogP contribution in [0.3, 0.4) is 0 Å². The lowest BCUT2D eigenvalue weighted by Crippen LogP contribution is -2.33. The molecule has 1 aromatic heterocycles. The zero-order chi connectivity index (χ0) is 25.3. The van der Waals surface area contributed by atoms with Gasteiger partial charge >= 0.3 is 12.4 Å². The van der Waals surface area contributed by atoms with Gasteiger partial charge in [-0.15, -0.1) is 0 Å². The molecule has 3 aromatic rings. The first kappa shape index (κ1) is 24.9. The normalized spacial score (nSPS) is 12.8. The highest BCUT2D eigenvalue weighted by Crippen LogP contribution is 2.35. The fraction of sp³-hybridized carbons (Fsp3) is 0.217. The van der Waals surface area contributed by atoms with Crippen molar-refractivity contribution in [2.75, 3.05) is 12.4 Å². The summed E-state index contributed by atoms with van der Waals surface area (Å²) < 4.78 is 85.4. The van der Waals surface area contributed by atoms with E-state index in [4.69, 9.17) is 4.74 Å². The maximum Gasteiger partial charge on any atom is 0.417 e. The molecular formula is C23H18F6N2O3. The van der Waals surface area contributed by atoms with Crippen molar-refractivity contribution in [3.8, 4) is 16.9 Å². The summed E-state index contributed by atoms with van der Waals surface area (Å²) in [5.74, 6) is -1.12. The summed E-state index contributed by atoms with van der Waals surface area (Å²) in [5.41, 5.74) is -3.54. The molecule has 0 bridgehead atoms. The van der Waals surface area contributed by atoms with Crippen molar-refractivity contribution in [1.29, 1.82) is 0 Å². The Balaban J connectivity index is 2.05. The standard InChI is InChI=1S/C23H18F6N2O3/c1-13(20(32)30-18-11-15(22(24,25)26)8-9-19(18)34-2)31-12-16(23(27,28)29)10-17(21(31)33)14-6-4-3-5-7-14/h3-13H,1-2H3,(H,30,32). The molecule has 0 radical (unpaired) electrons. The number of aromatic nitrogens is 1.